The van der Waals surface area contributed by atoms with Gasteiger partial charge in [0.2, 0.25) is 0 Å². The molecule has 0 amide bonds. The molecule has 0 aliphatic carbocycles. The van der Waals surface area contributed by atoms with Crippen LogP contribution in [0.2, 0.25) is 0 Å². The van der Waals surface area contributed by atoms with E-state index in [1.807, 2.05) is 0 Å². The Kier molecular flexibility index (Phi) is 3.98. The summed E-state index contributed by atoms with van der Waals surface area (Å²) < 4.78 is 4.99. The number of methoxy groups -OCH3 is 1. The van der Waals surface area contributed by atoms with E-state index in [1.54, 1.807) is 13.1 Å². The van der Waals surface area contributed by atoms with Crippen LogP contribution in [0.5, 0.6) is 5.75 Å². The zero-order valence-electron chi connectivity index (χ0n) is 11.2. The Morgan fingerprint density at radius 1 is 1.42 bits per heavy atom. The molecule has 0 fully saturated rings. The van der Waals surface area contributed by atoms with Gasteiger partial charge in [0.15, 0.2) is 0 Å². The van der Waals surface area contributed by atoms with Crippen LogP contribution in [0.15, 0.2) is 18.2 Å². The van der Waals surface area contributed by atoms with E-state index in [4.69, 9.17) is 4.74 Å². The molecule has 0 saturated carbocycles. The monoisotopic (exact) mass is 268 g/mol. The van der Waals surface area contributed by atoms with Gasteiger partial charge < -0.3 is 14.7 Å². The summed E-state index contributed by atoms with van der Waals surface area (Å²) >= 11 is 0. The van der Waals surface area contributed by atoms with E-state index in [1.165, 1.54) is 38.0 Å². The average molecular weight is 268 g/mol. The fraction of sp³-hybridized carbons (Fsp3) is 0.417. The Labute approximate surface area is 110 Å². The number of nitrogens with zero attached hydrogens (tertiary/aromatic N) is 2. The normalized spacial score (nSPS) is 10.9. The molecule has 19 heavy (non-hydrogen) atoms. The number of rotatable bonds is 5. The number of aliphatic carboxylic acids is 1. The van der Waals surface area contributed by atoms with Gasteiger partial charge in [-0.1, -0.05) is 0 Å². The smallest absolute Gasteiger partial charge is 0.328 e. The zero-order valence-corrected chi connectivity index (χ0v) is 11.2. The van der Waals surface area contributed by atoms with Gasteiger partial charge in [0.05, 0.1) is 18.1 Å². The van der Waals surface area contributed by atoms with Crippen molar-refractivity contribution in [2.45, 2.75) is 19.4 Å². The summed E-state index contributed by atoms with van der Waals surface area (Å²) in [6.45, 7) is 3.03. The molecular formula is C12H16N2O5. The predicted molar refractivity (Wildman–Crippen MR) is 69.8 cm³/mol. The zero-order chi connectivity index (χ0) is 14.8. The molecule has 1 aromatic rings. The third-order valence-electron chi connectivity index (χ3n) is 3.07. The number of hydrogen-bond acceptors (Lipinski definition) is 5. The van der Waals surface area contributed by atoms with Crippen LogP contribution in [0.1, 0.15) is 13.8 Å². The Bertz CT molecular complexity index is 513. The number of non-ortho nitro benzene ring substituents is 1. The van der Waals surface area contributed by atoms with Crippen molar-refractivity contribution in [1.29, 1.82) is 0 Å². The van der Waals surface area contributed by atoms with E-state index in [2.05, 4.69) is 0 Å². The molecule has 0 bridgehead atoms. The first-order valence-corrected chi connectivity index (χ1v) is 5.51. The van der Waals surface area contributed by atoms with Gasteiger partial charge in [-0.3, -0.25) is 10.1 Å². The van der Waals surface area contributed by atoms with Crippen molar-refractivity contribution < 1.29 is 19.6 Å². The highest BCUT2D eigenvalue weighted by molar-refractivity contribution is 5.82. The maximum atomic E-state index is 11.2. The van der Waals surface area contributed by atoms with Crippen LogP contribution in [0.25, 0.3) is 0 Å². The lowest BCUT2D eigenvalue weighted by molar-refractivity contribution is -0.384. The third-order valence-corrected chi connectivity index (χ3v) is 3.07. The van der Waals surface area contributed by atoms with Gasteiger partial charge in [0.25, 0.3) is 5.69 Å². The first-order chi connectivity index (χ1) is 8.70. The van der Waals surface area contributed by atoms with Gasteiger partial charge in [-0.25, -0.2) is 4.79 Å². The van der Waals surface area contributed by atoms with Crippen LogP contribution < -0.4 is 9.64 Å². The first-order valence-electron chi connectivity index (χ1n) is 5.51. The van der Waals surface area contributed by atoms with Crippen LogP contribution in [0, 0.1) is 10.1 Å². The van der Waals surface area contributed by atoms with E-state index in [0.717, 1.165) is 0 Å². The van der Waals surface area contributed by atoms with Crippen molar-refractivity contribution in [2.75, 3.05) is 19.1 Å². The fourth-order valence-corrected chi connectivity index (χ4v) is 1.45. The molecule has 0 radical (unpaired) electrons. The molecule has 0 aliphatic heterocycles. The van der Waals surface area contributed by atoms with Crippen LogP contribution in [-0.4, -0.2) is 35.7 Å². The number of nitro benzene ring substituents is 1. The van der Waals surface area contributed by atoms with Crippen LogP contribution >= 0.6 is 0 Å². The predicted octanol–water partition coefficient (Wildman–Crippen LogP) is 1.90. The van der Waals surface area contributed by atoms with Crippen molar-refractivity contribution in [3.05, 3.63) is 28.3 Å². The first kappa shape index (κ1) is 14.7. The van der Waals surface area contributed by atoms with E-state index in [0.29, 0.717) is 11.4 Å². The van der Waals surface area contributed by atoms with Crippen molar-refractivity contribution in [2.24, 2.45) is 0 Å². The second kappa shape index (κ2) is 5.13. The fourth-order valence-electron chi connectivity index (χ4n) is 1.45. The molecule has 0 spiro atoms. The van der Waals surface area contributed by atoms with Crippen molar-refractivity contribution in [1.82, 2.24) is 0 Å². The minimum atomic E-state index is -1.19. The molecule has 0 saturated heterocycles. The average Bonchev–Trinajstić information content (AvgIpc) is 2.36. The van der Waals surface area contributed by atoms with Crippen molar-refractivity contribution in [3.63, 3.8) is 0 Å². The second-order valence-electron chi connectivity index (χ2n) is 4.57. The van der Waals surface area contributed by atoms with Gasteiger partial charge in [0, 0.05) is 24.9 Å². The standard InChI is InChI=1S/C12H16N2O5/c1-12(2,11(15)16)13(3)8-5-9(14(17)18)7-10(6-8)19-4/h5-7H,1-4H3,(H,15,16). The molecule has 104 valence electrons. The van der Waals surface area contributed by atoms with Crippen LogP contribution in [-0.2, 0) is 4.79 Å². The minimum absolute atomic E-state index is 0.151. The molecule has 7 heteroatoms. The quantitative estimate of drug-likeness (QED) is 0.647. The Hall–Kier alpha value is -2.31. The summed E-state index contributed by atoms with van der Waals surface area (Å²) in [6.07, 6.45) is 0. The largest absolute Gasteiger partial charge is 0.496 e. The van der Waals surface area contributed by atoms with Crippen LogP contribution in [0.4, 0.5) is 11.4 Å². The molecule has 0 aliphatic rings. The number of nitro groups is 1. The summed E-state index contributed by atoms with van der Waals surface area (Å²) in [5.41, 5.74) is -0.943. The van der Waals surface area contributed by atoms with Gasteiger partial charge in [-0.15, -0.1) is 0 Å². The Morgan fingerprint density at radius 2 is 2.00 bits per heavy atom. The highest BCUT2D eigenvalue weighted by Crippen LogP contribution is 2.31. The molecule has 1 aromatic carbocycles. The van der Waals surface area contributed by atoms with Gasteiger partial charge >= 0.3 is 5.97 Å². The number of carbonyl (C=O) groups is 1. The van der Waals surface area contributed by atoms with E-state index in [-0.39, 0.29) is 5.69 Å². The summed E-state index contributed by atoms with van der Waals surface area (Å²) in [5, 5.41) is 20.0. The topological polar surface area (TPSA) is 92.9 Å². The molecule has 1 rings (SSSR count). The lowest BCUT2D eigenvalue weighted by atomic mass is 10.0. The molecule has 0 unspecified atom stereocenters. The van der Waals surface area contributed by atoms with E-state index in [9.17, 15) is 20.0 Å². The number of benzene rings is 1. The lowest BCUT2D eigenvalue weighted by Gasteiger charge is -2.33. The SMILES string of the molecule is COc1cc(N(C)C(C)(C)C(=O)O)cc([N+](=O)[O-])c1. The number of anilines is 1. The summed E-state index contributed by atoms with van der Waals surface area (Å²) in [6, 6.07) is 4.15. The highest BCUT2D eigenvalue weighted by Gasteiger charge is 2.33. The maximum Gasteiger partial charge on any atom is 0.328 e. The molecule has 0 heterocycles. The van der Waals surface area contributed by atoms with Crippen molar-refractivity contribution >= 4 is 17.3 Å². The van der Waals surface area contributed by atoms with E-state index < -0.39 is 16.4 Å². The maximum absolute atomic E-state index is 11.2. The number of likely N-dealkylation sites (N-methyl/N-ethyl adjacent to an activating group) is 1. The summed E-state index contributed by atoms with van der Waals surface area (Å²) in [4.78, 5) is 22.9. The summed E-state index contributed by atoms with van der Waals surface area (Å²) in [7, 11) is 2.96. The Morgan fingerprint density at radius 3 is 2.42 bits per heavy atom. The lowest BCUT2D eigenvalue weighted by Crippen LogP contribution is -2.48. The molecule has 7 nitrogen and oxygen atoms in total. The highest BCUT2D eigenvalue weighted by atomic mass is 16.6. The second-order valence-corrected chi connectivity index (χ2v) is 4.57. The van der Waals surface area contributed by atoms with Gasteiger partial charge in [0.1, 0.15) is 11.3 Å². The van der Waals surface area contributed by atoms with Crippen molar-refractivity contribution in [3.8, 4) is 5.75 Å². The van der Waals surface area contributed by atoms with Gasteiger partial charge in [-0.05, 0) is 13.8 Å². The third kappa shape index (κ3) is 2.93. The molecule has 0 atom stereocenters. The Balaban J connectivity index is 3.30. The molecule has 1 N–H and O–H groups in total. The van der Waals surface area contributed by atoms with Crippen LogP contribution in [0.3, 0.4) is 0 Å². The molecular weight excluding hydrogens is 252 g/mol. The van der Waals surface area contributed by atoms with E-state index >= 15 is 0 Å². The van der Waals surface area contributed by atoms with Gasteiger partial charge in [-0.2, -0.15) is 0 Å². The number of ether oxygens (including phenoxy) is 1. The number of carboxylic acids is 1. The summed E-state index contributed by atoms with van der Waals surface area (Å²) in [5.74, 6) is -0.724. The number of carboxylic acid groups (broad SMARTS) is 1. The minimum Gasteiger partial charge on any atom is -0.496 e. The molecule has 0 aromatic heterocycles. The number of hydrogen-bond donors (Lipinski definition) is 1.